The highest BCUT2D eigenvalue weighted by Gasteiger charge is 2.40. The first-order valence-electron chi connectivity index (χ1n) is 21.9. The molecular formula is C48H59N7O5. The molecule has 0 radical (unpaired) electrons. The summed E-state index contributed by atoms with van der Waals surface area (Å²) >= 11 is 0. The molecule has 3 fully saturated rings. The second-order valence-corrected chi connectivity index (χ2v) is 17.9. The van der Waals surface area contributed by atoms with E-state index in [0.29, 0.717) is 43.5 Å². The van der Waals surface area contributed by atoms with Gasteiger partial charge in [0.2, 0.25) is 17.7 Å². The number of anilines is 1. The Morgan fingerprint density at radius 2 is 1.40 bits per heavy atom. The number of ether oxygens (including phenoxy) is 1. The van der Waals surface area contributed by atoms with Crippen molar-refractivity contribution < 1.29 is 23.9 Å². The predicted octanol–water partition coefficient (Wildman–Crippen LogP) is 8.12. The molecule has 12 heteroatoms. The number of hydrogen-bond donors (Lipinski definition) is 4. The smallest absolute Gasteiger partial charge is 0.407 e. The van der Waals surface area contributed by atoms with Crippen molar-refractivity contribution in [2.45, 2.75) is 115 Å². The van der Waals surface area contributed by atoms with Gasteiger partial charge in [0, 0.05) is 18.8 Å². The number of nitrogens with zero attached hydrogens (tertiary/aromatic N) is 3. The van der Waals surface area contributed by atoms with Crippen LogP contribution in [0.25, 0.3) is 33.5 Å². The Balaban J connectivity index is 1.02. The van der Waals surface area contributed by atoms with Crippen LogP contribution < -0.4 is 16.4 Å². The van der Waals surface area contributed by atoms with Crippen molar-refractivity contribution in [3.63, 3.8) is 0 Å². The summed E-state index contributed by atoms with van der Waals surface area (Å²) in [5.41, 5.74) is 16.5. The number of imidazole rings is 1. The monoisotopic (exact) mass is 813 g/mol. The molecule has 12 nitrogen and oxygen atoms in total. The number of nitrogens with two attached hydrogens (primary N) is 1. The molecule has 4 aromatic rings. The molecule has 2 bridgehead atoms. The van der Waals surface area contributed by atoms with Crippen LogP contribution in [0.4, 0.5) is 10.5 Å². The maximum atomic E-state index is 13.8. The highest BCUT2D eigenvalue weighted by atomic mass is 16.5. The highest BCUT2D eigenvalue weighted by Crippen LogP contribution is 2.55. The summed E-state index contributed by atoms with van der Waals surface area (Å²) in [6, 6.07) is 19.3. The minimum Gasteiger partial charge on any atom is -0.453 e. The number of carbonyl (C=O) groups excluding carboxylic acids is 4. The summed E-state index contributed by atoms with van der Waals surface area (Å²) in [5.74, 6) is 1.16. The van der Waals surface area contributed by atoms with Crippen molar-refractivity contribution in [2.75, 3.05) is 25.5 Å². The number of amides is 4. The van der Waals surface area contributed by atoms with Crippen molar-refractivity contribution in [2.24, 2.45) is 17.6 Å². The van der Waals surface area contributed by atoms with E-state index >= 15 is 0 Å². The van der Waals surface area contributed by atoms with Crippen LogP contribution in [0, 0.1) is 11.8 Å². The van der Waals surface area contributed by atoms with Crippen LogP contribution in [0.3, 0.4) is 0 Å². The lowest BCUT2D eigenvalue weighted by atomic mass is 9.63. The highest BCUT2D eigenvalue weighted by molar-refractivity contribution is 5.99. The van der Waals surface area contributed by atoms with Crippen LogP contribution in [0.15, 0.2) is 66.9 Å². The number of nitrogens with one attached hydrogen (secondary N) is 3. The summed E-state index contributed by atoms with van der Waals surface area (Å²) in [5, 5.41) is 5.78. The second kappa shape index (κ2) is 17.2. The normalized spacial score (nSPS) is 21.9. The van der Waals surface area contributed by atoms with Gasteiger partial charge in [-0.3, -0.25) is 14.4 Å². The van der Waals surface area contributed by atoms with E-state index in [1.54, 1.807) is 4.90 Å². The van der Waals surface area contributed by atoms with Gasteiger partial charge in [-0.15, -0.1) is 0 Å². The van der Waals surface area contributed by atoms with Gasteiger partial charge in [0.1, 0.15) is 17.9 Å². The molecule has 3 aromatic carbocycles. The maximum Gasteiger partial charge on any atom is 0.407 e. The van der Waals surface area contributed by atoms with Crippen molar-refractivity contribution in [3.8, 4) is 33.5 Å². The Labute approximate surface area is 353 Å². The molecule has 60 heavy (non-hydrogen) atoms. The number of H-pyrrole nitrogens is 1. The van der Waals surface area contributed by atoms with Gasteiger partial charge in [0.15, 0.2) is 0 Å². The lowest BCUT2D eigenvalue weighted by Crippen LogP contribution is -2.54. The number of rotatable bonds is 11. The van der Waals surface area contributed by atoms with E-state index < -0.39 is 24.2 Å². The lowest BCUT2D eigenvalue weighted by Gasteiger charge is -2.41. The van der Waals surface area contributed by atoms with Crippen molar-refractivity contribution in [3.05, 3.63) is 83.8 Å². The molecule has 4 amide bonds. The van der Waals surface area contributed by atoms with Gasteiger partial charge in [-0.1, -0.05) is 76.2 Å². The molecule has 4 unspecified atom stereocenters. The first kappa shape index (κ1) is 41.3. The van der Waals surface area contributed by atoms with Gasteiger partial charge >= 0.3 is 6.09 Å². The quantitative estimate of drug-likeness (QED) is 0.119. The molecule has 0 spiro atoms. The number of methoxy groups -OCH3 is 1. The van der Waals surface area contributed by atoms with E-state index in [0.717, 1.165) is 35.5 Å². The first-order chi connectivity index (χ1) is 28.9. The summed E-state index contributed by atoms with van der Waals surface area (Å²) in [6.45, 7) is 8.84. The number of likely N-dealkylation sites (tertiary alicyclic amines) is 2. The van der Waals surface area contributed by atoms with Gasteiger partial charge < -0.3 is 35.9 Å². The number of aromatic nitrogens is 2. The van der Waals surface area contributed by atoms with Crippen molar-refractivity contribution >= 4 is 29.5 Å². The van der Waals surface area contributed by atoms with E-state index in [9.17, 15) is 19.2 Å². The van der Waals surface area contributed by atoms with Crippen LogP contribution >= 0.6 is 0 Å². The number of carbonyl (C=O) groups is 4. The fraction of sp³-hybridized carbons (Fsp3) is 0.479. The molecule has 316 valence electrons. The van der Waals surface area contributed by atoms with Crippen LogP contribution in [0.2, 0.25) is 0 Å². The Morgan fingerprint density at radius 1 is 0.767 bits per heavy atom. The number of hydrogen-bond acceptors (Lipinski definition) is 7. The molecule has 1 aromatic heterocycles. The first-order valence-corrected chi connectivity index (χ1v) is 21.9. The molecule has 3 aliphatic carbocycles. The molecule has 5 aliphatic rings. The summed E-state index contributed by atoms with van der Waals surface area (Å²) in [4.78, 5) is 64.4. The maximum absolute atomic E-state index is 13.8. The van der Waals surface area contributed by atoms with E-state index in [-0.39, 0.29) is 35.6 Å². The average molecular weight is 814 g/mol. The number of fused-ring (bicyclic) bond motifs is 2. The molecule has 5 N–H and O–H groups in total. The summed E-state index contributed by atoms with van der Waals surface area (Å²) in [7, 11) is 1.27. The van der Waals surface area contributed by atoms with E-state index in [4.69, 9.17) is 15.5 Å². The van der Waals surface area contributed by atoms with Crippen LogP contribution in [0.5, 0.6) is 0 Å². The third-order valence-corrected chi connectivity index (χ3v) is 13.5. The zero-order chi connectivity index (χ0) is 42.2. The molecular weight excluding hydrogens is 755 g/mol. The zero-order valence-corrected chi connectivity index (χ0v) is 35.5. The molecule has 4 atom stereocenters. The third-order valence-electron chi connectivity index (χ3n) is 13.5. The zero-order valence-electron chi connectivity index (χ0n) is 35.5. The van der Waals surface area contributed by atoms with Crippen molar-refractivity contribution in [1.29, 1.82) is 0 Å². The van der Waals surface area contributed by atoms with Crippen molar-refractivity contribution in [1.82, 2.24) is 25.1 Å². The standard InChI is InChI=1S/C48H59N7O5/c1-27(2)42(49)46(57)54-23-7-11-38(54)44-50-26-37(52-44)30-15-13-29(14-16-30)35-21-22-36(41-32-19-17-31(18-20-32)40(35)41)33-9-6-10-34(25-33)51-45(56)39-12-8-24-55(39)47(58)43(28(3)4)53-48(59)60-5/h6,9-10,13-16,21-22,25-28,31-32,38-39,42-43H,7-8,11-12,17-20,23-24,49H2,1-5H3,(H,50,52)(H,51,56)(H,53,59). The minimum absolute atomic E-state index is 0.00816. The summed E-state index contributed by atoms with van der Waals surface area (Å²) in [6.07, 6.45) is 8.97. The molecule has 1 saturated carbocycles. The Kier molecular flexibility index (Phi) is 11.9. The second-order valence-electron chi connectivity index (χ2n) is 17.9. The predicted molar refractivity (Wildman–Crippen MR) is 233 cm³/mol. The van der Waals surface area contributed by atoms with Gasteiger partial charge in [-0.05, 0) is 126 Å². The molecule has 3 heterocycles. The number of alkyl carbamates (subject to hydrolysis) is 1. The topological polar surface area (TPSA) is 163 Å². The van der Waals surface area contributed by atoms with Gasteiger partial charge in [-0.2, -0.15) is 0 Å². The number of aromatic amines is 1. The van der Waals surface area contributed by atoms with E-state index in [1.807, 2.05) is 50.9 Å². The third kappa shape index (κ3) is 7.93. The minimum atomic E-state index is -0.789. The van der Waals surface area contributed by atoms with Crippen LogP contribution in [0.1, 0.15) is 114 Å². The molecule has 2 aliphatic heterocycles. The van der Waals surface area contributed by atoms with Gasteiger partial charge in [0.25, 0.3) is 0 Å². The fourth-order valence-corrected chi connectivity index (χ4v) is 10.1. The Hall–Kier alpha value is -5.49. The largest absolute Gasteiger partial charge is 0.453 e. The Morgan fingerprint density at radius 3 is 2.05 bits per heavy atom. The number of benzene rings is 3. The van der Waals surface area contributed by atoms with E-state index in [1.165, 1.54) is 60.6 Å². The average Bonchev–Trinajstić information content (AvgIpc) is 4.07. The Bertz CT molecular complexity index is 2240. The van der Waals surface area contributed by atoms with Crippen LogP contribution in [-0.2, 0) is 19.1 Å². The van der Waals surface area contributed by atoms with Gasteiger partial charge in [-0.25, -0.2) is 9.78 Å². The lowest BCUT2D eigenvalue weighted by molar-refractivity contribution is -0.139. The SMILES string of the molecule is COC(=O)NC(C(=O)N1CCCC1C(=O)Nc1cccc(-c2ccc(-c3ccc(-c4cnc(C5CCCN5C(=O)C(N)C(C)C)[nH]4)cc3)c3c2C2CCC3CC2)c1)C(C)C. The summed E-state index contributed by atoms with van der Waals surface area (Å²) < 4.78 is 4.76. The fourth-order valence-electron chi connectivity index (χ4n) is 10.1. The molecule has 9 rings (SSSR count). The van der Waals surface area contributed by atoms with Crippen LogP contribution in [-0.4, -0.2) is 81.9 Å². The molecule has 2 saturated heterocycles. The van der Waals surface area contributed by atoms with E-state index in [2.05, 4.69) is 64.1 Å². The van der Waals surface area contributed by atoms with Gasteiger partial charge in [0.05, 0.1) is 31.1 Å².